The van der Waals surface area contributed by atoms with Gasteiger partial charge in [0.25, 0.3) is 0 Å². The third-order valence-electron chi connectivity index (χ3n) is 3.88. The van der Waals surface area contributed by atoms with Crippen molar-refractivity contribution < 1.29 is 14.6 Å². The number of hydrogen-bond donors (Lipinski definition) is 2. The molecule has 0 aliphatic heterocycles. The molecule has 3 aromatic rings. The van der Waals surface area contributed by atoms with Gasteiger partial charge < -0.3 is 15.2 Å². The van der Waals surface area contributed by atoms with Crippen LogP contribution < -0.4 is 10.1 Å². The van der Waals surface area contributed by atoms with E-state index in [1.807, 2.05) is 55.9 Å². The maximum absolute atomic E-state index is 11.5. The molecule has 0 fully saturated rings. The molecule has 0 atom stereocenters. The van der Waals surface area contributed by atoms with Gasteiger partial charge in [-0.05, 0) is 32.0 Å². The highest BCUT2D eigenvalue weighted by Gasteiger charge is 2.17. The number of anilines is 1. The van der Waals surface area contributed by atoms with E-state index in [2.05, 4.69) is 10.4 Å². The quantitative estimate of drug-likeness (QED) is 0.716. The van der Waals surface area contributed by atoms with Crippen molar-refractivity contribution in [3.63, 3.8) is 0 Å². The molecule has 1 heterocycles. The van der Waals surface area contributed by atoms with E-state index >= 15 is 0 Å². The first-order chi connectivity index (χ1) is 12.0. The highest BCUT2D eigenvalue weighted by Crippen LogP contribution is 2.31. The minimum Gasteiger partial charge on any atom is -0.488 e. The Hall–Kier alpha value is -3.02. The Morgan fingerprint density at radius 2 is 2.00 bits per heavy atom. The van der Waals surface area contributed by atoms with Crippen molar-refractivity contribution in [2.45, 2.75) is 26.5 Å². The Balaban J connectivity index is 1.92. The molecule has 1 aromatic heterocycles. The van der Waals surface area contributed by atoms with Gasteiger partial charge in [0, 0.05) is 12.4 Å². The number of nitrogens with zero attached hydrogens (tertiary/aromatic N) is 2. The molecule has 2 N–H and O–H groups in total. The summed E-state index contributed by atoms with van der Waals surface area (Å²) in [5.74, 6) is -0.659. The Kier molecular flexibility index (Phi) is 4.61. The van der Waals surface area contributed by atoms with Gasteiger partial charge in [0.15, 0.2) is 5.75 Å². The Morgan fingerprint density at radius 3 is 2.72 bits per heavy atom. The number of nitrogens with one attached hydrogen (secondary N) is 1. The number of carboxylic acid groups (broad SMARTS) is 1. The van der Waals surface area contributed by atoms with Gasteiger partial charge in [-0.2, -0.15) is 5.10 Å². The molecule has 0 aliphatic rings. The van der Waals surface area contributed by atoms with Crippen LogP contribution in [0.2, 0.25) is 0 Å². The molecule has 0 spiro atoms. The van der Waals surface area contributed by atoms with Crippen LogP contribution in [0.3, 0.4) is 0 Å². The second-order valence-corrected chi connectivity index (χ2v) is 6.10. The van der Waals surface area contributed by atoms with Crippen LogP contribution in [0.5, 0.6) is 5.75 Å². The molecule has 3 rings (SSSR count). The number of aromatic carboxylic acids is 1. The third kappa shape index (κ3) is 3.42. The lowest BCUT2D eigenvalue weighted by Crippen LogP contribution is -2.13. The molecule has 2 aromatic carbocycles. The van der Waals surface area contributed by atoms with Crippen molar-refractivity contribution >= 4 is 22.6 Å². The first kappa shape index (κ1) is 16.8. The number of hydrogen-bond acceptors (Lipinski definition) is 4. The van der Waals surface area contributed by atoms with Crippen LogP contribution in [0.1, 0.15) is 29.9 Å². The van der Waals surface area contributed by atoms with Gasteiger partial charge in [0.05, 0.1) is 29.5 Å². The number of ether oxygens (including phenoxy) is 1. The van der Waals surface area contributed by atoms with Crippen LogP contribution in [0, 0.1) is 0 Å². The smallest absolute Gasteiger partial charge is 0.339 e. The summed E-state index contributed by atoms with van der Waals surface area (Å²) < 4.78 is 7.59. The minimum atomic E-state index is -1.01. The van der Waals surface area contributed by atoms with E-state index in [1.165, 1.54) is 0 Å². The summed E-state index contributed by atoms with van der Waals surface area (Å²) >= 11 is 0. The maximum Gasteiger partial charge on any atom is 0.339 e. The second kappa shape index (κ2) is 6.84. The standard InChI is InChI=1S/C19H21N3O3/c1-12(2)25-18-14(19(23)24)8-6-9-15(18)20-11-16-13-7-4-5-10-17(13)22(3)21-16/h4-10,12,20H,11H2,1-3H3,(H,23,24). The number of para-hydroxylation sites is 2. The van der Waals surface area contributed by atoms with Gasteiger partial charge >= 0.3 is 5.97 Å². The molecule has 0 bridgehead atoms. The average molecular weight is 339 g/mol. The van der Waals surface area contributed by atoms with E-state index in [-0.39, 0.29) is 11.7 Å². The van der Waals surface area contributed by atoms with Crippen LogP contribution in [-0.4, -0.2) is 27.0 Å². The zero-order valence-electron chi connectivity index (χ0n) is 14.5. The number of aromatic nitrogens is 2. The van der Waals surface area contributed by atoms with Crippen molar-refractivity contribution in [3.05, 3.63) is 53.7 Å². The van der Waals surface area contributed by atoms with Crippen molar-refractivity contribution in [1.29, 1.82) is 0 Å². The zero-order chi connectivity index (χ0) is 18.0. The maximum atomic E-state index is 11.5. The monoisotopic (exact) mass is 339 g/mol. The van der Waals surface area contributed by atoms with Crippen LogP contribution in [0.15, 0.2) is 42.5 Å². The summed E-state index contributed by atoms with van der Waals surface area (Å²) in [4.78, 5) is 11.5. The van der Waals surface area contributed by atoms with Gasteiger partial charge in [0.1, 0.15) is 5.56 Å². The largest absolute Gasteiger partial charge is 0.488 e. The van der Waals surface area contributed by atoms with E-state index in [0.717, 1.165) is 16.6 Å². The highest BCUT2D eigenvalue weighted by molar-refractivity contribution is 5.93. The fraction of sp³-hybridized carbons (Fsp3) is 0.263. The molecule has 0 unspecified atom stereocenters. The molecule has 6 heteroatoms. The lowest BCUT2D eigenvalue weighted by atomic mass is 10.1. The van der Waals surface area contributed by atoms with Crippen molar-refractivity contribution in [1.82, 2.24) is 9.78 Å². The van der Waals surface area contributed by atoms with E-state index < -0.39 is 5.97 Å². The average Bonchev–Trinajstić information content (AvgIpc) is 2.90. The Bertz CT molecular complexity index is 915. The Labute approximate surface area is 146 Å². The summed E-state index contributed by atoms with van der Waals surface area (Å²) in [5.41, 5.74) is 2.74. The SMILES string of the molecule is CC(C)Oc1c(NCc2nn(C)c3ccccc23)cccc1C(=O)O. The summed E-state index contributed by atoms with van der Waals surface area (Å²) in [6.45, 7) is 4.21. The van der Waals surface area contributed by atoms with E-state index in [1.54, 1.807) is 12.1 Å². The minimum absolute atomic E-state index is 0.128. The van der Waals surface area contributed by atoms with Gasteiger partial charge in [-0.15, -0.1) is 0 Å². The Morgan fingerprint density at radius 1 is 1.24 bits per heavy atom. The third-order valence-corrected chi connectivity index (χ3v) is 3.88. The van der Waals surface area contributed by atoms with Crippen LogP contribution >= 0.6 is 0 Å². The predicted molar refractivity (Wildman–Crippen MR) is 97.2 cm³/mol. The lowest BCUT2D eigenvalue weighted by Gasteiger charge is -2.17. The molecule has 130 valence electrons. The summed E-state index contributed by atoms with van der Waals surface area (Å²) in [6.07, 6.45) is -0.128. The number of benzene rings is 2. The molecular weight excluding hydrogens is 318 g/mol. The molecule has 0 amide bonds. The molecule has 0 saturated carbocycles. The van der Waals surface area contributed by atoms with Crippen molar-refractivity contribution in [3.8, 4) is 5.75 Å². The zero-order valence-corrected chi connectivity index (χ0v) is 14.5. The second-order valence-electron chi connectivity index (χ2n) is 6.10. The normalized spacial score (nSPS) is 11.0. The van der Waals surface area contributed by atoms with Gasteiger partial charge in [-0.1, -0.05) is 24.3 Å². The van der Waals surface area contributed by atoms with Gasteiger partial charge in [-0.3, -0.25) is 4.68 Å². The van der Waals surface area contributed by atoms with Crippen LogP contribution in [-0.2, 0) is 13.6 Å². The molecule has 25 heavy (non-hydrogen) atoms. The van der Waals surface area contributed by atoms with Crippen molar-refractivity contribution in [2.75, 3.05) is 5.32 Å². The van der Waals surface area contributed by atoms with E-state index in [4.69, 9.17) is 4.74 Å². The van der Waals surface area contributed by atoms with Crippen LogP contribution in [0.4, 0.5) is 5.69 Å². The number of fused-ring (bicyclic) bond motifs is 1. The predicted octanol–water partition coefficient (Wildman–Crippen LogP) is 3.67. The fourth-order valence-corrected chi connectivity index (χ4v) is 2.81. The van der Waals surface area contributed by atoms with E-state index in [9.17, 15) is 9.90 Å². The molecule has 0 radical (unpaired) electrons. The summed E-state index contributed by atoms with van der Waals surface area (Å²) in [5, 5.41) is 18.3. The van der Waals surface area contributed by atoms with Gasteiger partial charge in [0.2, 0.25) is 0 Å². The molecule has 0 saturated heterocycles. The summed E-state index contributed by atoms with van der Waals surface area (Å²) in [7, 11) is 1.91. The number of carboxylic acids is 1. The molecular formula is C19H21N3O3. The first-order valence-electron chi connectivity index (χ1n) is 8.15. The van der Waals surface area contributed by atoms with E-state index in [0.29, 0.717) is 18.0 Å². The van der Waals surface area contributed by atoms with Crippen molar-refractivity contribution in [2.24, 2.45) is 7.05 Å². The number of aryl methyl sites for hydroxylation is 1. The van der Waals surface area contributed by atoms with Gasteiger partial charge in [-0.25, -0.2) is 4.79 Å². The number of carbonyl (C=O) groups is 1. The lowest BCUT2D eigenvalue weighted by molar-refractivity contribution is 0.0690. The fourth-order valence-electron chi connectivity index (χ4n) is 2.81. The molecule has 6 nitrogen and oxygen atoms in total. The summed E-state index contributed by atoms with van der Waals surface area (Å²) in [6, 6.07) is 13.1. The molecule has 0 aliphatic carbocycles. The van der Waals surface area contributed by atoms with Crippen LogP contribution in [0.25, 0.3) is 10.9 Å². The topological polar surface area (TPSA) is 76.4 Å². The highest BCUT2D eigenvalue weighted by atomic mass is 16.5. The first-order valence-corrected chi connectivity index (χ1v) is 8.15. The number of rotatable bonds is 6.